The molecule has 2 amide bonds. The molecular formula is C17H26N2O2. The summed E-state index contributed by atoms with van der Waals surface area (Å²) in [7, 11) is 1.61. The highest BCUT2D eigenvalue weighted by Gasteiger charge is 2.27. The second kappa shape index (κ2) is 8.45. The van der Waals surface area contributed by atoms with E-state index >= 15 is 0 Å². The number of nitrogens with zero attached hydrogens (tertiary/aromatic N) is 1. The second-order valence-corrected chi connectivity index (χ2v) is 5.30. The number of amides is 2. The monoisotopic (exact) mass is 290 g/mol. The molecule has 4 nitrogen and oxygen atoms in total. The number of carbonyl (C=O) groups is 2. The maximum atomic E-state index is 12.4. The third kappa shape index (κ3) is 4.88. The molecule has 116 valence electrons. The summed E-state index contributed by atoms with van der Waals surface area (Å²) in [5.41, 5.74) is 2.21. The van der Waals surface area contributed by atoms with Crippen molar-refractivity contribution in [2.24, 2.45) is 0 Å². The van der Waals surface area contributed by atoms with Gasteiger partial charge in [-0.05, 0) is 25.3 Å². The summed E-state index contributed by atoms with van der Waals surface area (Å²) in [6.07, 6.45) is 1.87. The minimum atomic E-state index is -0.408. The van der Waals surface area contributed by atoms with Gasteiger partial charge >= 0.3 is 0 Å². The Kier molecular flexibility index (Phi) is 6.92. The maximum absolute atomic E-state index is 12.4. The Labute approximate surface area is 127 Å². The van der Waals surface area contributed by atoms with Crippen LogP contribution in [0.1, 0.15) is 44.2 Å². The standard InChI is InChI=1S/C17H26N2O2/c1-5-8-16(20)19(15(6-2)17(21)18-4)12-14-10-7-9-13(3)11-14/h7,9-11,15H,5-6,8,12H2,1-4H3,(H,18,21). The number of rotatable bonds is 7. The average Bonchev–Trinajstić information content (AvgIpc) is 2.47. The lowest BCUT2D eigenvalue weighted by atomic mass is 10.1. The highest BCUT2D eigenvalue weighted by Crippen LogP contribution is 2.15. The SMILES string of the molecule is CCCC(=O)N(Cc1cccc(C)c1)C(CC)C(=O)NC. The van der Waals surface area contributed by atoms with Crippen molar-refractivity contribution in [3.05, 3.63) is 35.4 Å². The van der Waals surface area contributed by atoms with Crippen LogP contribution in [0.25, 0.3) is 0 Å². The molecule has 0 aliphatic heterocycles. The molecule has 1 N–H and O–H groups in total. The van der Waals surface area contributed by atoms with E-state index in [1.807, 2.05) is 39.0 Å². The summed E-state index contributed by atoms with van der Waals surface area (Å²) in [5, 5.41) is 2.66. The van der Waals surface area contributed by atoms with Crippen molar-refractivity contribution in [2.45, 2.75) is 52.6 Å². The Morgan fingerprint density at radius 3 is 2.52 bits per heavy atom. The third-order valence-corrected chi connectivity index (χ3v) is 3.53. The van der Waals surface area contributed by atoms with Gasteiger partial charge in [0, 0.05) is 20.0 Å². The van der Waals surface area contributed by atoms with Gasteiger partial charge in [-0.2, -0.15) is 0 Å². The molecule has 1 aromatic rings. The van der Waals surface area contributed by atoms with Crippen LogP contribution in [0.4, 0.5) is 0 Å². The summed E-state index contributed by atoms with van der Waals surface area (Å²) < 4.78 is 0. The molecule has 1 aromatic carbocycles. The number of benzene rings is 1. The van der Waals surface area contributed by atoms with Crippen LogP contribution < -0.4 is 5.32 Å². The molecule has 0 saturated carbocycles. The quantitative estimate of drug-likeness (QED) is 0.839. The van der Waals surface area contributed by atoms with E-state index in [0.29, 0.717) is 19.4 Å². The Morgan fingerprint density at radius 2 is 2.00 bits per heavy atom. The number of hydrogen-bond acceptors (Lipinski definition) is 2. The van der Waals surface area contributed by atoms with Gasteiger partial charge in [0.15, 0.2) is 0 Å². The zero-order chi connectivity index (χ0) is 15.8. The van der Waals surface area contributed by atoms with Gasteiger partial charge in [-0.1, -0.05) is 43.7 Å². The lowest BCUT2D eigenvalue weighted by Gasteiger charge is -2.30. The molecule has 21 heavy (non-hydrogen) atoms. The molecule has 1 atom stereocenters. The van der Waals surface area contributed by atoms with E-state index in [1.54, 1.807) is 11.9 Å². The Hall–Kier alpha value is -1.84. The summed E-state index contributed by atoms with van der Waals surface area (Å²) >= 11 is 0. The fourth-order valence-corrected chi connectivity index (χ4v) is 2.45. The summed E-state index contributed by atoms with van der Waals surface area (Å²) in [6, 6.07) is 7.65. The number of aryl methyl sites for hydroxylation is 1. The molecule has 0 aliphatic rings. The normalized spacial score (nSPS) is 11.8. The van der Waals surface area contributed by atoms with Gasteiger partial charge < -0.3 is 10.2 Å². The van der Waals surface area contributed by atoms with Crippen molar-refractivity contribution in [3.8, 4) is 0 Å². The molecule has 0 bridgehead atoms. The van der Waals surface area contributed by atoms with Gasteiger partial charge in [0.2, 0.25) is 11.8 Å². The first-order valence-electron chi connectivity index (χ1n) is 7.60. The molecule has 4 heteroatoms. The molecule has 0 radical (unpaired) electrons. The number of nitrogens with one attached hydrogen (secondary N) is 1. The van der Waals surface area contributed by atoms with Crippen molar-refractivity contribution < 1.29 is 9.59 Å². The summed E-state index contributed by atoms with van der Waals surface area (Å²) in [4.78, 5) is 26.1. The van der Waals surface area contributed by atoms with Crippen LogP contribution in [-0.2, 0) is 16.1 Å². The van der Waals surface area contributed by atoms with E-state index in [1.165, 1.54) is 0 Å². The molecule has 0 saturated heterocycles. The zero-order valence-corrected chi connectivity index (χ0v) is 13.5. The molecule has 0 aliphatic carbocycles. The first kappa shape index (κ1) is 17.2. The Morgan fingerprint density at radius 1 is 1.29 bits per heavy atom. The number of carbonyl (C=O) groups excluding carboxylic acids is 2. The van der Waals surface area contributed by atoms with Gasteiger partial charge in [-0.3, -0.25) is 9.59 Å². The van der Waals surface area contributed by atoms with Crippen LogP contribution in [0.3, 0.4) is 0 Å². The summed E-state index contributed by atoms with van der Waals surface area (Å²) in [6.45, 7) is 6.41. The van der Waals surface area contributed by atoms with Crippen LogP contribution in [0.5, 0.6) is 0 Å². The van der Waals surface area contributed by atoms with Crippen LogP contribution in [0.15, 0.2) is 24.3 Å². The largest absolute Gasteiger partial charge is 0.357 e. The topological polar surface area (TPSA) is 49.4 Å². The highest BCUT2D eigenvalue weighted by atomic mass is 16.2. The van der Waals surface area contributed by atoms with Gasteiger partial charge in [-0.25, -0.2) is 0 Å². The third-order valence-electron chi connectivity index (χ3n) is 3.53. The van der Waals surface area contributed by atoms with Crippen molar-refractivity contribution in [3.63, 3.8) is 0 Å². The maximum Gasteiger partial charge on any atom is 0.242 e. The van der Waals surface area contributed by atoms with Crippen LogP contribution >= 0.6 is 0 Å². The van der Waals surface area contributed by atoms with Crippen LogP contribution in [0, 0.1) is 6.92 Å². The molecular weight excluding hydrogens is 264 g/mol. The van der Waals surface area contributed by atoms with E-state index in [-0.39, 0.29) is 11.8 Å². The van der Waals surface area contributed by atoms with Crippen molar-refractivity contribution >= 4 is 11.8 Å². The van der Waals surface area contributed by atoms with E-state index in [9.17, 15) is 9.59 Å². The van der Waals surface area contributed by atoms with Gasteiger partial charge in [-0.15, -0.1) is 0 Å². The van der Waals surface area contributed by atoms with E-state index < -0.39 is 6.04 Å². The minimum absolute atomic E-state index is 0.0365. The lowest BCUT2D eigenvalue weighted by Crippen LogP contribution is -2.48. The van der Waals surface area contributed by atoms with E-state index in [0.717, 1.165) is 17.5 Å². The van der Waals surface area contributed by atoms with E-state index in [4.69, 9.17) is 0 Å². The average molecular weight is 290 g/mol. The predicted molar refractivity (Wildman–Crippen MR) is 84.8 cm³/mol. The predicted octanol–water partition coefficient (Wildman–Crippen LogP) is 2.65. The molecule has 0 spiro atoms. The van der Waals surface area contributed by atoms with Crippen LogP contribution in [-0.4, -0.2) is 29.8 Å². The van der Waals surface area contributed by atoms with Crippen molar-refractivity contribution in [1.82, 2.24) is 10.2 Å². The first-order valence-corrected chi connectivity index (χ1v) is 7.60. The fraction of sp³-hybridized carbons (Fsp3) is 0.529. The Bertz CT molecular complexity index is 485. The molecule has 0 heterocycles. The smallest absolute Gasteiger partial charge is 0.242 e. The zero-order valence-electron chi connectivity index (χ0n) is 13.5. The fourth-order valence-electron chi connectivity index (χ4n) is 2.45. The lowest BCUT2D eigenvalue weighted by molar-refractivity contribution is -0.141. The van der Waals surface area contributed by atoms with E-state index in [2.05, 4.69) is 11.4 Å². The number of hydrogen-bond donors (Lipinski definition) is 1. The van der Waals surface area contributed by atoms with Crippen molar-refractivity contribution in [2.75, 3.05) is 7.05 Å². The molecule has 1 rings (SSSR count). The molecule has 0 aromatic heterocycles. The second-order valence-electron chi connectivity index (χ2n) is 5.30. The summed E-state index contributed by atoms with van der Waals surface area (Å²) in [5.74, 6) is -0.0657. The van der Waals surface area contributed by atoms with Crippen LogP contribution in [0.2, 0.25) is 0 Å². The van der Waals surface area contributed by atoms with Gasteiger partial charge in [0.1, 0.15) is 6.04 Å². The van der Waals surface area contributed by atoms with Gasteiger partial charge in [0.05, 0.1) is 0 Å². The minimum Gasteiger partial charge on any atom is -0.357 e. The highest BCUT2D eigenvalue weighted by molar-refractivity contribution is 5.87. The van der Waals surface area contributed by atoms with Crippen molar-refractivity contribution in [1.29, 1.82) is 0 Å². The first-order chi connectivity index (χ1) is 10.0. The van der Waals surface area contributed by atoms with Gasteiger partial charge in [0.25, 0.3) is 0 Å². The molecule has 1 unspecified atom stereocenters. The Balaban J connectivity index is 3.01. The molecule has 0 fully saturated rings. The number of likely N-dealkylation sites (N-methyl/N-ethyl adjacent to an activating group) is 1.